The van der Waals surface area contributed by atoms with E-state index >= 15 is 0 Å². The second-order valence-corrected chi connectivity index (χ2v) is 7.45. The summed E-state index contributed by atoms with van der Waals surface area (Å²) in [5.41, 5.74) is 2.83. The number of hydrogen-bond acceptors (Lipinski definition) is 4. The Kier molecular flexibility index (Phi) is 5.81. The maximum atomic E-state index is 4.12. The van der Waals surface area contributed by atoms with Gasteiger partial charge in [0.15, 0.2) is 0 Å². The Labute approximate surface area is 143 Å². The Hall–Kier alpha value is -1.23. The highest BCUT2D eigenvalue weighted by Gasteiger charge is 2.24. The van der Waals surface area contributed by atoms with E-state index < -0.39 is 0 Å². The molecule has 0 amide bonds. The van der Waals surface area contributed by atoms with Crippen LogP contribution in [0.1, 0.15) is 43.9 Å². The molecule has 2 aromatic rings. The van der Waals surface area contributed by atoms with Crippen molar-refractivity contribution in [3.63, 3.8) is 0 Å². The molecule has 1 fully saturated rings. The van der Waals surface area contributed by atoms with E-state index in [1.54, 1.807) is 11.3 Å². The number of aromatic nitrogens is 1. The fraction of sp³-hybridized carbons (Fsp3) is 0.526. The fourth-order valence-corrected chi connectivity index (χ4v) is 4.21. The summed E-state index contributed by atoms with van der Waals surface area (Å²) < 4.78 is 0. The zero-order chi connectivity index (χ0) is 16.1. The third kappa shape index (κ3) is 4.63. The molecule has 2 atom stereocenters. The van der Waals surface area contributed by atoms with E-state index in [2.05, 4.69) is 58.0 Å². The van der Waals surface area contributed by atoms with E-state index in [1.165, 1.54) is 37.1 Å². The van der Waals surface area contributed by atoms with E-state index in [4.69, 9.17) is 0 Å². The van der Waals surface area contributed by atoms with Gasteiger partial charge in [-0.1, -0.05) is 0 Å². The van der Waals surface area contributed by atoms with Crippen LogP contribution in [-0.4, -0.2) is 35.1 Å². The fourth-order valence-electron chi connectivity index (χ4n) is 3.53. The first-order valence-corrected chi connectivity index (χ1v) is 9.57. The number of likely N-dealkylation sites (tertiary alicyclic amines) is 1. The molecule has 4 heteroatoms. The number of hydrogen-bond donors (Lipinski definition) is 1. The second-order valence-electron chi connectivity index (χ2n) is 6.67. The molecule has 0 bridgehead atoms. The Bertz CT molecular complexity index is 562. The van der Waals surface area contributed by atoms with Crippen molar-refractivity contribution >= 4 is 11.3 Å². The molecule has 3 heterocycles. The lowest BCUT2D eigenvalue weighted by Gasteiger charge is -2.37. The Balaban J connectivity index is 1.45. The van der Waals surface area contributed by atoms with Crippen molar-refractivity contribution in [2.24, 2.45) is 0 Å². The van der Waals surface area contributed by atoms with E-state index in [0.29, 0.717) is 18.1 Å². The molecule has 3 rings (SSSR count). The van der Waals surface area contributed by atoms with Gasteiger partial charge in [-0.3, -0.25) is 9.88 Å². The minimum absolute atomic E-state index is 0.488. The van der Waals surface area contributed by atoms with Crippen molar-refractivity contribution in [1.82, 2.24) is 15.2 Å². The molecule has 23 heavy (non-hydrogen) atoms. The normalized spacial score (nSPS) is 19.6. The first-order valence-electron chi connectivity index (χ1n) is 8.63. The van der Waals surface area contributed by atoms with Gasteiger partial charge in [-0.05, 0) is 73.2 Å². The predicted octanol–water partition coefficient (Wildman–Crippen LogP) is 3.89. The van der Waals surface area contributed by atoms with Crippen LogP contribution in [0.3, 0.4) is 0 Å². The van der Waals surface area contributed by atoms with Crippen molar-refractivity contribution in [1.29, 1.82) is 0 Å². The molecule has 1 aliphatic heterocycles. The quantitative estimate of drug-likeness (QED) is 0.871. The summed E-state index contributed by atoms with van der Waals surface area (Å²) in [6.45, 7) is 6.96. The zero-order valence-electron chi connectivity index (χ0n) is 14.1. The second kappa shape index (κ2) is 8.04. The largest absolute Gasteiger partial charge is 0.311 e. The maximum absolute atomic E-state index is 4.12. The summed E-state index contributed by atoms with van der Waals surface area (Å²) in [4.78, 5) is 6.71. The van der Waals surface area contributed by atoms with Crippen molar-refractivity contribution < 1.29 is 0 Å². The predicted molar refractivity (Wildman–Crippen MR) is 97.9 cm³/mol. The molecule has 0 spiro atoms. The number of nitrogens with one attached hydrogen (secondary N) is 1. The smallest absolute Gasteiger partial charge is 0.0321 e. The monoisotopic (exact) mass is 329 g/mol. The molecule has 1 aliphatic rings. The average Bonchev–Trinajstić information content (AvgIpc) is 3.08. The molecule has 124 valence electrons. The molecular formula is C19H27N3S. The van der Waals surface area contributed by atoms with Crippen LogP contribution in [0.15, 0.2) is 41.4 Å². The third-order valence-corrected chi connectivity index (χ3v) is 5.64. The lowest BCUT2D eigenvalue weighted by atomic mass is 9.99. The number of pyridine rings is 1. The lowest BCUT2D eigenvalue weighted by Crippen LogP contribution is -2.46. The van der Waals surface area contributed by atoms with Crippen LogP contribution < -0.4 is 5.32 Å². The summed E-state index contributed by atoms with van der Waals surface area (Å²) in [5, 5.41) is 8.25. The van der Waals surface area contributed by atoms with Gasteiger partial charge in [0.25, 0.3) is 0 Å². The number of piperidine rings is 1. The van der Waals surface area contributed by atoms with Crippen LogP contribution in [0.2, 0.25) is 0 Å². The number of rotatable bonds is 6. The SMILES string of the molecule is C[C@H](Cc1ccsc1)NC1CCN([C@@H](C)c2ccncc2)CC1. The van der Waals surface area contributed by atoms with Crippen molar-refractivity contribution in [3.8, 4) is 0 Å². The number of thiophene rings is 1. The van der Waals surface area contributed by atoms with Gasteiger partial charge in [-0.15, -0.1) is 0 Å². The number of nitrogens with zero attached hydrogens (tertiary/aromatic N) is 2. The van der Waals surface area contributed by atoms with E-state index in [9.17, 15) is 0 Å². The molecular weight excluding hydrogens is 302 g/mol. The van der Waals surface area contributed by atoms with E-state index in [-0.39, 0.29) is 0 Å². The highest BCUT2D eigenvalue weighted by atomic mass is 32.1. The molecule has 1 N–H and O–H groups in total. The molecule has 0 unspecified atom stereocenters. The summed E-state index contributed by atoms with van der Waals surface area (Å²) in [6, 6.07) is 8.21. The average molecular weight is 330 g/mol. The molecule has 1 saturated heterocycles. The summed E-state index contributed by atoms with van der Waals surface area (Å²) in [7, 11) is 0. The van der Waals surface area contributed by atoms with Gasteiger partial charge in [0.05, 0.1) is 0 Å². The Morgan fingerprint density at radius 1 is 1.22 bits per heavy atom. The van der Waals surface area contributed by atoms with Crippen LogP contribution in [0.5, 0.6) is 0 Å². The van der Waals surface area contributed by atoms with Gasteiger partial charge < -0.3 is 5.32 Å². The molecule has 2 aromatic heterocycles. The highest BCUT2D eigenvalue weighted by molar-refractivity contribution is 7.07. The highest BCUT2D eigenvalue weighted by Crippen LogP contribution is 2.24. The van der Waals surface area contributed by atoms with Crippen molar-refractivity contribution in [3.05, 3.63) is 52.5 Å². The molecule has 0 aliphatic carbocycles. The summed E-state index contributed by atoms with van der Waals surface area (Å²) in [6.07, 6.45) is 7.41. The van der Waals surface area contributed by atoms with Crippen LogP contribution in [-0.2, 0) is 6.42 Å². The van der Waals surface area contributed by atoms with Gasteiger partial charge in [-0.25, -0.2) is 0 Å². The van der Waals surface area contributed by atoms with Crippen molar-refractivity contribution in [2.45, 2.75) is 51.2 Å². The van der Waals surface area contributed by atoms with E-state index in [1.807, 2.05) is 12.4 Å². The standard InChI is InChI=1S/C19H27N3S/c1-15(13-17-7-12-23-14-17)21-19-5-10-22(11-6-19)16(2)18-3-8-20-9-4-18/h3-4,7-9,12,14-16,19,21H,5-6,10-11,13H2,1-2H3/t15-,16+/m1/s1. The van der Waals surface area contributed by atoms with Gasteiger partial charge in [0, 0.05) is 43.6 Å². The van der Waals surface area contributed by atoms with Crippen molar-refractivity contribution in [2.75, 3.05) is 13.1 Å². The minimum atomic E-state index is 0.488. The molecule has 0 radical (unpaired) electrons. The van der Waals surface area contributed by atoms with Crippen LogP contribution >= 0.6 is 11.3 Å². The van der Waals surface area contributed by atoms with Crippen LogP contribution in [0.4, 0.5) is 0 Å². The Morgan fingerprint density at radius 2 is 1.96 bits per heavy atom. The van der Waals surface area contributed by atoms with Crippen LogP contribution in [0, 0.1) is 0 Å². The van der Waals surface area contributed by atoms with E-state index in [0.717, 1.165) is 6.42 Å². The maximum Gasteiger partial charge on any atom is 0.0321 e. The third-order valence-electron chi connectivity index (χ3n) is 4.91. The van der Waals surface area contributed by atoms with Gasteiger partial charge in [0.1, 0.15) is 0 Å². The Morgan fingerprint density at radius 3 is 2.61 bits per heavy atom. The van der Waals surface area contributed by atoms with Gasteiger partial charge in [-0.2, -0.15) is 11.3 Å². The first kappa shape index (κ1) is 16.6. The summed E-state index contributed by atoms with van der Waals surface area (Å²) in [5.74, 6) is 0. The molecule has 3 nitrogen and oxygen atoms in total. The summed E-state index contributed by atoms with van der Waals surface area (Å²) >= 11 is 1.79. The zero-order valence-corrected chi connectivity index (χ0v) is 14.9. The lowest BCUT2D eigenvalue weighted by molar-refractivity contribution is 0.149. The first-order chi connectivity index (χ1) is 11.2. The molecule has 0 aromatic carbocycles. The van der Waals surface area contributed by atoms with Gasteiger partial charge in [0.2, 0.25) is 0 Å². The molecule has 0 saturated carbocycles. The van der Waals surface area contributed by atoms with Crippen LogP contribution in [0.25, 0.3) is 0 Å². The topological polar surface area (TPSA) is 28.2 Å². The van der Waals surface area contributed by atoms with Gasteiger partial charge >= 0.3 is 0 Å². The minimum Gasteiger partial charge on any atom is -0.311 e.